The number of amides is 1. The molecule has 2 aromatic carbocycles. The minimum atomic E-state index is 0.107. The van der Waals surface area contributed by atoms with Crippen LogP contribution in [0.1, 0.15) is 47.4 Å². The highest BCUT2D eigenvalue weighted by Gasteiger charge is 2.38. The van der Waals surface area contributed by atoms with E-state index in [1.165, 1.54) is 18.4 Å². The molecule has 0 fully saturated rings. The molecule has 0 saturated carbocycles. The molecule has 114 valence electrons. The standard InChI is InChI=1S/C19H22N2O/c1-2-3-13-20-18-16-11-7-8-12-17(16)19(22)21(18)14-15-9-5-4-6-10-15/h4-12,18,20H,2-3,13-14H2,1H3/p+1/t18-/m0/s1. The van der Waals surface area contributed by atoms with Gasteiger partial charge in [0.2, 0.25) is 0 Å². The fourth-order valence-corrected chi connectivity index (χ4v) is 3.08. The maximum atomic E-state index is 12.8. The van der Waals surface area contributed by atoms with Gasteiger partial charge in [0.05, 0.1) is 18.7 Å². The van der Waals surface area contributed by atoms with Crippen LogP contribution in [-0.2, 0) is 6.54 Å². The predicted octanol–water partition coefficient (Wildman–Crippen LogP) is 2.70. The number of hydrogen-bond acceptors (Lipinski definition) is 1. The van der Waals surface area contributed by atoms with Crippen LogP contribution in [0.5, 0.6) is 0 Å². The Hall–Kier alpha value is -2.13. The highest BCUT2D eigenvalue weighted by atomic mass is 16.2. The summed E-state index contributed by atoms with van der Waals surface area (Å²) in [4.78, 5) is 14.7. The van der Waals surface area contributed by atoms with Crippen LogP contribution in [0.4, 0.5) is 0 Å². The van der Waals surface area contributed by atoms with Crippen LogP contribution in [0.15, 0.2) is 54.6 Å². The van der Waals surface area contributed by atoms with E-state index in [0.717, 1.165) is 17.7 Å². The van der Waals surface area contributed by atoms with Gasteiger partial charge < -0.3 is 5.32 Å². The molecule has 2 aromatic rings. The molecule has 0 radical (unpaired) electrons. The van der Waals surface area contributed by atoms with Crippen LogP contribution in [0.25, 0.3) is 0 Å². The largest absolute Gasteiger partial charge is 0.323 e. The molecule has 1 atom stereocenters. The van der Waals surface area contributed by atoms with Gasteiger partial charge in [-0.05, 0) is 18.1 Å². The molecule has 3 heteroatoms. The first-order chi connectivity index (χ1) is 10.8. The molecule has 2 N–H and O–H groups in total. The van der Waals surface area contributed by atoms with Crippen LogP contribution in [0.3, 0.4) is 0 Å². The van der Waals surface area contributed by atoms with Crippen LogP contribution in [-0.4, -0.2) is 17.4 Å². The van der Waals surface area contributed by atoms with E-state index in [4.69, 9.17) is 0 Å². The molecule has 1 aliphatic heterocycles. The third kappa shape index (κ3) is 2.90. The Balaban J connectivity index is 1.85. The van der Waals surface area contributed by atoms with Gasteiger partial charge in [-0.2, -0.15) is 0 Å². The second-order valence-corrected chi connectivity index (χ2v) is 5.83. The maximum absolute atomic E-state index is 12.8. The van der Waals surface area contributed by atoms with E-state index in [1.807, 2.05) is 41.3 Å². The molecule has 3 nitrogen and oxygen atoms in total. The second kappa shape index (κ2) is 6.75. The molecule has 0 saturated heterocycles. The Bertz CT molecular complexity index is 639. The van der Waals surface area contributed by atoms with Gasteiger partial charge in [-0.25, -0.2) is 0 Å². The molecule has 0 aliphatic carbocycles. The lowest BCUT2D eigenvalue weighted by Crippen LogP contribution is -2.87. The van der Waals surface area contributed by atoms with Crippen molar-refractivity contribution in [2.45, 2.75) is 32.5 Å². The predicted molar refractivity (Wildman–Crippen MR) is 87.2 cm³/mol. The van der Waals surface area contributed by atoms with Crippen molar-refractivity contribution in [2.24, 2.45) is 0 Å². The minimum absolute atomic E-state index is 0.107. The highest BCUT2D eigenvalue weighted by Crippen LogP contribution is 2.30. The number of carbonyl (C=O) groups excluding carboxylic acids is 1. The molecule has 1 heterocycles. The fourth-order valence-electron chi connectivity index (χ4n) is 3.08. The van der Waals surface area contributed by atoms with Gasteiger partial charge in [0.25, 0.3) is 5.91 Å². The first-order valence-electron chi connectivity index (χ1n) is 8.08. The topological polar surface area (TPSA) is 36.9 Å². The normalized spacial score (nSPS) is 16.9. The van der Waals surface area contributed by atoms with Gasteiger partial charge in [0.15, 0.2) is 6.17 Å². The number of hydrogen-bond donors (Lipinski definition) is 1. The van der Waals surface area contributed by atoms with Crippen molar-refractivity contribution < 1.29 is 10.1 Å². The monoisotopic (exact) mass is 295 g/mol. The van der Waals surface area contributed by atoms with Crippen molar-refractivity contribution in [1.29, 1.82) is 0 Å². The van der Waals surface area contributed by atoms with E-state index in [0.29, 0.717) is 6.54 Å². The SMILES string of the molecule is CCCC[NH2+][C@@H]1c2ccccc2C(=O)N1Cc1ccccc1. The number of nitrogens with two attached hydrogens (primary N) is 1. The molecule has 3 rings (SSSR count). The van der Waals surface area contributed by atoms with Crippen LogP contribution < -0.4 is 5.32 Å². The summed E-state index contributed by atoms with van der Waals surface area (Å²) in [5.41, 5.74) is 3.19. The van der Waals surface area contributed by atoms with Crippen molar-refractivity contribution >= 4 is 5.91 Å². The lowest BCUT2D eigenvalue weighted by Gasteiger charge is -2.23. The summed E-state index contributed by atoms with van der Waals surface area (Å²) in [5, 5.41) is 2.30. The molecular weight excluding hydrogens is 272 g/mol. The summed E-state index contributed by atoms with van der Waals surface area (Å²) in [6.07, 6.45) is 2.46. The summed E-state index contributed by atoms with van der Waals surface area (Å²) >= 11 is 0. The molecule has 0 unspecified atom stereocenters. The zero-order chi connectivity index (χ0) is 15.4. The summed E-state index contributed by atoms with van der Waals surface area (Å²) in [6.45, 7) is 3.92. The number of rotatable bonds is 6. The average Bonchev–Trinajstić information content (AvgIpc) is 2.82. The molecule has 0 bridgehead atoms. The number of fused-ring (bicyclic) bond motifs is 1. The van der Waals surface area contributed by atoms with E-state index in [9.17, 15) is 4.79 Å². The van der Waals surface area contributed by atoms with Gasteiger partial charge in [0, 0.05) is 5.56 Å². The molecule has 1 amide bonds. The molecule has 0 aromatic heterocycles. The number of benzene rings is 2. The Kier molecular flexibility index (Phi) is 4.54. The van der Waals surface area contributed by atoms with Crippen LogP contribution in [0.2, 0.25) is 0 Å². The second-order valence-electron chi connectivity index (χ2n) is 5.83. The Morgan fingerprint density at radius 3 is 2.55 bits per heavy atom. The van der Waals surface area contributed by atoms with E-state index in [2.05, 4.69) is 30.4 Å². The van der Waals surface area contributed by atoms with Crippen LogP contribution >= 0.6 is 0 Å². The van der Waals surface area contributed by atoms with Gasteiger partial charge in [-0.1, -0.05) is 61.9 Å². The number of quaternary nitrogens is 1. The molecule has 0 spiro atoms. The fraction of sp³-hybridized carbons (Fsp3) is 0.316. The summed E-state index contributed by atoms with van der Waals surface area (Å²) in [6, 6.07) is 18.2. The Labute approximate surface area is 132 Å². The third-order valence-electron chi connectivity index (χ3n) is 4.25. The van der Waals surface area contributed by atoms with E-state index in [1.54, 1.807) is 0 Å². The summed E-state index contributed by atoms with van der Waals surface area (Å²) in [5.74, 6) is 0.150. The Morgan fingerprint density at radius 2 is 1.77 bits per heavy atom. The summed E-state index contributed by atoms with van der Waals surface area (Å²) < 4.78 is 0. The van der Waals surface area contributed by atoms with Gasteiger partial charge in [-0.3, -0.25) is 9.69 Å². The van der Waals surface area contributed by atoms with E-state index < -0.39 is 0 Å². The van der Waals surface area contributed by atoms with Crippen molar-refractivity contribution in [3.05, 3.63) is 71.3 Å². The number of unbranched alkanes of at least 4 members (excludes halogenated alkanes) is 1. The first kappa shape index (κ1) is 14.8. The van der Waals surface area contributed by atoms with E-state index >= 15 is 0 Å². The van der Waals surface area contributed by atoms with Gasteiger partial charge >= 0.3 is 0 Å². The van der Waals surface area contributed by atoms with Crippen LogP contribution in [0, 0.1) is 0 Å². The number of carbonyl (C=O) groups is 1. The molecular formula is C19H23N2O+. The van der Waals surface area contributed by atoms with Crippen molar-refractivity contribution in [1.82, 2.24) is 4.90 Å². The summed E-state index contributed by atoms with van der Waals surface area (Å²) in [7, 11) is 0. The smallest absolute Gasteiger partial charge is 0.259 e. The van der Waals surface area contributed by atoms with Gasteiger partial charge in [-0.15, -0.1) is 0 Å². The first-order valence-corrected chi connectivity index (χ1v) is 8.08. The molecule has 1 aliphatic rings. The lowest BCUT2D eigenvalue weighted by molar-refractivity contribution is -0.712. The maximum Gasteiger partial charge on any atom is 0.259 e. The van der Waals surface area contributed by atoms with Crippen molar-refractivity contribution in [3.63, 3.8) is 0 Å². The third-order valence-corrected chi connectivity index (χ3v) is 4.25. The van der Waals surface area contributed by atoms with Gasteiger partial charge in [0.1, 0.15) is 0 Å². The zero-order valence-electron chi connectivity index (χ0n) is 13.0. The van der Waals surface area contributed by atoms with Crippen molar-refractivity contribution in [2.75, 3.05) is 6.54 Å². The number of nitrogens with zero attached hydrogens (tertiary/aromatic N) is 1. The highest BCUT2D eigenvalue weighted by molar-refractivity contribution is 5.98. The molecule has 22 heavy (non-hydrogen) atoms. The lowest BCUT2D eigenvalue weighted by atomic mass is 10.1. The van der Waals surface area contributed by atoms with E-state index in [-0.39, 0.29) is 12.1 Å². The van der Waals surface area contributed by atoms with Crippen molar-refractivity contribution in [3.8, 4) is 0 Å². The average molecular weight is 295 g/mol. The minimum Gasteiger partial charge on any atom is -0.323 e. The zero-order valence-corrected chi connectivity index (χ0v) is 13.0. The Morgan fingerprint density at radius 1 is 1.05 bits per heavy atom. The quantitative estimate of drug-likeness (QED) is 0.817.